The maximum atomic E-state index is 13.0. The fraction of sp³-hybridized carbons (Fsp3) is 0.435. The molecule has 0 bridgehead atoms. The fourth-order valence-corrected chi connectivity index (χ4v) is 4.12. The van der Waals surface area contributed by atoms with E-state index in [4.69, 9.17) is 9.47 Å². The van der Waals surface area contributed by atoms with Crippen LogP contribution in [-0.2, 0) is 6.54 Å². The second kappa shape index (κ2) is 8.66. The highest BCUT2D eigenvalue weighted by Crippen LogP contribution is 2.33. The summed E-state index contributed by atoms with van der Waals surface area (Å²) in [6.45, 7) is 4.55. The van der Waals surface area contributed by atoms with Crippen LogP contribution < -0.4 is 14.8 Å². The van der Waals surface area contributed by atoms with Crippen LogP contribution in [0.4, 0.5) is 11.4 Å². The number of nitrogens with one attached hydrogen (secondary N) is 1. The summed E-state index contributed by atoms with van der Waals surface area (Å²) in [5.41, 5.74) is 1.94. The molecule has 9 nitrogen and oxygen atoms in total. The maximum Gasteiger partial charge on any atom is 0.293 e. The third-order valence-corrected chi connectivity index (χ3v) is 6.05. The molecule has 2 aromatic carbocycles. The first kappa shape index (κ1) is 20.6. The summed E-state index contributed by atoms with van der Waals surface area (Å²) in [6, 6.07) is 11.0. The Balaban J connectivity index is 1.20. The van der Waals surface area contributed by atoms with Crippen molar-refractivity contribution in [3.63, 3.8) is 0 Å². The Hall–Kier alpha value is -3.33. The standard InChI is InChI=1S/C23H26N4O5/c28-23(17-2-5-19(24-18-3-4-18)20(14-17)27(29)30)26-9-7-25(8-10-26)15-16-1-6-21-22(13-16)32-12-11-31-21/h1-2,5-6,13-14,18,24H,3-4,7-12,15H2. The Morgan fingerprint density at radius 3 is 2.50 bits per heavy atom. The van der Waals surface area contributed by atoms with Crippen LogP contribution in [0.1, 0.15) is 28.8 Å². The van der Waals surface area contributed by atoms with E-state index >= 15 is 0 Å². The van der Waals surface area contributed by atoms with Gasteiger partial charge in [-0.05, 0) is 42.7 Å². The van der Waals surface area contributed by atoms with Gasteiger partial charge in [0.1, 0.15) is 18.9 Å². The summed E-state index contributed by atoms with van der Waals surface area (Å²) in [4.78, 5) is 28.1. The molecule has 2 aromatic rings. The van der Waals surface area contributed by atoms with E-state index in [0.29, 0.717) is 43.6 Å². The minimum Gasteiger partial charge on any atom is -0.486 e. The normalized spacial score (nSPS) is 18.3. The maximum absolute atomic E-state index is 13.0. The molecule has 2 aliphatic heterocycles. The van der Waals surface area contributed by atoms with Gasteiger partial charge in [0.2, 0.25) is 0 Å². The largest absolute Gasteiger partial charge is 0.486 e. The molecule has 0 atom stereocenters. The highest BCUT2D eigenvalue weighted by molar-refractivity contribution is 5.95. The van der Waals surface area contributed by atoms with E-state index < -0.39 is 4.92 Å². The zero-order valence-corrected chi connectivity index (χ0v) is 17.8. The number of hydrogen-bond donors (Lipinski definition) is 1. The van der Waals surface area contributed by atoms with Gasteiger partial charge in [0.25, 0.3) is 11.6 Å². The Labute approximate surface area is 186 Å². The van der Waals surface area contributed by atoms with E-state index in [2.05, 4.69) is 10.2 Å². The third-order valence-electron chi connectivity index (χ3n) is 6.05. The molecule has 1 N–H and O–H groups in total. The zero-order chi connectivity index (χ0) is 22.1. The van der Waals surface area contributed by atoms with Crippen LogP contribution in [0.5, 0.6) is 11.5 Å². The average Bonchev–Trinajstić information content (AvgIpc) is 3.63. The summed E-state index contributed by atoms with van der Waals surface area (Å²) in [7, 11) is 0. The van der Waals surface area contributed by atoms with Crippen LogP contribution >= 0.6 is 0 Å². The lowest BCUT2D eigenvalue weighted by molar-refractivity contribution is -0.384. The van der Waals surface area contributed by atoms with Gasteiger partial charge in [-0.25, -0.2) is 0 Å². The SMILES string of the molecule is O=C(c1ccc(NC2CC2)c([N+](=O)[O-])c1)N1CCN(Cc2ccc3c(c2)OCCO3)CC1. The number of amides is 1. The molecule has 3 aliphatic rings. The first-order valence-corrected chi connectivity index (χ1v) is 11.0. The molecule has 2 heterocycles. The number of anilines is 1. The van der Waals surface area contributed by atoms with E-state index in [-0.39, 0.29) is 11.6 Å². The van der Waals surface area contributed by atoms with Gasteiger partial charge < -0.3 is 19.7 Å². The number of ether oxygens (including phenoxy) is 2. The second-order valence-electron chi connectivity index (χ2n) is 8.45. The number of fused-ring (bicyclic) bond motifs is 1. The second-order valence-corrected chi connectivity index (χ2v) is 8.45. The lowest BCUT2D eigenvalue weighted by Gasteiger charge is -2.35. The fourth-order valence-electron chi connectivity index (χ4n) is 4.12. The molecule has 1 amide bonds. The van der Waals surface area contributed by atoms with Crippen molar-refractivity contribution >= 4 is 17.3 Å². The number of carbonyl (C=O) groups is 1. The number of carbonyl (C=O) groups excluding carboxylic acids is 1. The molecule has 0 aromatic heterocycles. The van der Waals surface area contributed by atoms with Crippen molar-refractivity contribution in [3.05, 3.63) is 57.6 Å². The van der Waals surface area contributed by atoms with E-state index in [1.54, 1.807) is 17.0 Å². The first-order valence-electron chi connectivity index (χ1n) is 11.0. The molecule has 2 fully saturated rings. The Morgan fingerprint density at radius 1 is 1.03 bits per heavy atom. The van der Waals surface area contributed by atoms with E-state index in [1.807, 2.05) is 18.2 Å². The summed E-state index contributed by atoms with van der Waals surface area (Å²) >= 11 is 0. The van der Waals surface area contributed by atoms with Gasteiger partial charge in [-0.1, -0.05) is 6.07 Å². The number of piperazine rings is 1. The Morgan fingerprint density at radius 2 is 1.78 bits per heavy atom. The topological polar surface area (TPSA) is 97.2 Å². The molecule has 0 spiro atoms. The molecule has 168 valence electrons. The van der Waals surface area contributed by atoms with E-state index in [9.17, 15) is 14.9 Å². The van der Waals surface area contributed by atoms with Gasteiger partial charge in [-0.3, -0.25) is 19.8 Å². The van der Waals surface area contributed by atoms with Crippen LogP contribution in [0, 0.1) is 10.1 Å². The van der Waals surface area contributed by atoms with Crippen LogP contribution in [0.15, 0.2) is 36.4 Å². The van der Waals surface area contributed by atoms with E-state index in [1.165, 1.54) is 6.07 Å². The predicted molar refractivity (Wildman–Crippen MR) is 118 cm³/mol. The van der Waals surface area contributed by atoms with Crippen LogP contribution in [0.2, 0.25) is 0 Å². The monoisotopic (exact) mass is 438 g/mol. The van der Waals surface area contributed by atoms with Gasteiger partial charge >= 0.3 is 0 Å². The molecule has 1 aliphatic carbocycles. The number of nitro groups is 1. The molecule has 0 unspecified atom stereocenters. The number of hydrogen-bond acceptors (Lipinski definition) is 7. The smallest absolute Gasteiger partial charge is 0.293 e. The molecule has 1 saturated carbocycles. The number of benzene rings is 2. The van der Waals surface area contributed by atoms with Gasteiger partial charge in [0.05, 0.1) is 4.92 Å². The Bertz CT molecular complexity index is 1030. The van der Waals surface area contributed by atoms with Crippen molar-refractivity contribution in [2.45, 2.75) is 25.4 Å². The van der Waals surface area contributed by atoms with Gasteiger partial charge in [0.15, 0.2) is 11.5 Å². The van der Waals surface area contributed by atoms with Crippen molar-refractivity contribution in [2.75, 3.05) is 44.7 Å². The summed E-state index contributed by atoms with van der Waals surface area (Å²) in [5.74, 6) is 1.40. The van der Waals surface area contributed by atoms with Crippen LogP contribution in [0.25, 0.3) is 0 Å². The minimum absolute atomic E-state index is 0.0417. The molecule has 5 rings (SSSR count). The highest BCUT2D eigenvalue weighted by Gasteiger charge is 2.28. The predicted octanol–water partition coefficient (Wildman–Crippen LogP) is 2.90. The summed E-state index contributed by atoms with van der Waals surface area (Å²) in [6.07, 6.45) is 2.04. The lowest BCUT2D eigenvalue weighted by atomic mass is 10.1. The molecular formula is C23H26N4O5. The number of nitrogens with zero attached hydrogens (tertiary/aromatic N) is 3. The summed E-state index contributed by atoms with van der Waals surface area (Å²) in [5, 5.41) is 14.7. The van der Waals surface area contributed by atoms with Gasteiger partial charge in [0, 0.05) is 50.4 Å². The molecular weight excluding hydrogens is 412 g/mol. The number of rotatable bonds is 6. The lowest BCUT2D eigenvalue weighted by Crippen LogP contribution is -2.48. The summed E-state index contributed by atoms with van der Waals surface area (Å²) < 4.78 is 11.2. The highest BCUT2D eigenvalue weighted by atomic mass is 16.6. The first-order chi connectivity index (χ1) is 15.6. The third kappa shape index (κ3) is 4.47. The Kier molecular flexibility index (Phi) is 5.57. The van der Waals surface area contributed by atoms with Crippen molar-refractivity contribution < 1.29 is 19.2 Å². The molecule has 0 radical (unpaired) electrons. The van der Waals surface area contributed by atoms with E-state index in [0.717, 1.165) is 49.5 Å². The number of nitro benzene ring substituents is 1. The molecule has 32 heavy (non-hydrogen) atoms. The van der Waals surface area contributed by atoms with Crippen molar-refractivity contribution in [3.8, 4) is 11.5 Å². The minimum atomic E-state index is -0.424. The van der Waals surface area contributed by atoms with Gasteiger partial charge in [-0.15, -0.1) is 0 Å². The zero-order valence-electron chi connectivity index (χ0n) is 17.8. The average molecular weight is 438 g/mol. The van der Waals surface area contributed by atoms with Crippen molar-refractivity contribution in [1.29, 1.82) is 0 Å². The van der Waals surface area contributed by atoms with Crippen molar-refractivity contribution in [1.82, 2.24) is 9.80 Å². The van der Waals surface area contributed by atoms with Gasteiger partial charge in [-0.2, -0.15) is 0 Å². The quantitative estimate of drug-likeness (QED) is 0.547. The van der Waals surface area contributed by atoms with Crippen LogP contribution in [-0.4, -0.2) is 66.1 Å². The molecule has 9 heteroatoms. The van der Waals surface area contributed by atoms with Crippen LogP contribution in [0.3, 0.4) is 0 Å². The van der Waals surface area contributed by atoms with Crippen molar-refractivity contribution in [2.24, 2.45) is 0 Å². The molecule has 1 saturated heterocycles.